The third-order valence-corrected chi connectivity index (χ3v) is 5.42. The summed E-state index contributed by atoms with van der Waals surface area (Å²) < 4.78 is 11.3. The van der Waals surface area contributed by atoms with Crippen LogP contribution in [0.4, 0.5) is 0 Å². The summed E-state index contributed by atoms with van der Waals surface area (Å²) in [5.74, 6) is -0.179. The molecule has 2 fully saturated rings. The van der Waals surface area contributed by atoms with E-state index in [0.717, 1.165) is 31.3 Å². The Kier molecular flexibility index (Phi) is 4.52. The van der Waals surface area contributed by atoms with Gasteiger partial charge in [-0.15, -0.1) is 0 Å². The van der Waals surface area contributed by atoms with Crippen LogP contribution in [0.3, 0.4) is 0 Å². The average molecular weight is 330 g/mol. The number of epoxide rings is 1. The molecule has 0 spiro atoms. The van der Waals surface area contributed by atoms with Crippen molar-refractivity contribution in [1.29, 1.82) is 0 Å². The summed E-state index contributed by atoms with van der Waals surface area (Å²) >= 11 is 0. The molecule has 4 nitrogen and oxygen atoms in total. The van der Waals surface area contributed by atoms with E-state index in [4.69, 9.17) is 9.47 Å². The fraction of sp³-hybridized carbons (Fsp3) is 0.600. The molecule has 24 heavy (non-hydrogen) atoms. The van der Waals surface area contributed by atoms with Crippen LogP contribution in [0.2, 0.25) is 0 Å². The summed E-state index contributed by atoms with van der Waals surface area (Å²) in [4.78, 5) is 24.1. The molecule has 0 amide bonds. The molecule has 2 saturated heterocycles. The standard InChI is InChI=1S/C20H26O4/c1-12-5-7-16-14(3)19(22)23-17(16)10-13(2)6-8-18-20(4,24-18)11-15(21)9-12/h9-10,16-18H,3,5-8,11H2,1-2,4H3/b12-9+,13-10+/t16-,17+,18-,20+/m1/s1. The summed E-state index contributed by atoms with van der Waals surface area (Å²) in [6.45, 7) is 9.95. The number of rotatable bonds is 0. The van der Waals surface area contributed by atoms with Crippen molar-refractivity contribution < 1.29 is 19.1 Å². The lowest BCUT2D eigenvalue weighted by Crippen LogP contribution is -2.17. The number of allylic oxidation sites excluding steroid dienone is 3. The van der Waals surface area contributed by atoms with Gasteiger partial charge in [-0.3, -0.25) is 4.79 Å². The second-order valence-electron chi connectivity index (χ2n) is 7.64. The minimum Gasteiger partial charge on any atom is -0.454 e. The molecule has 3 aliphatic rings. The van der Waals surface area contributed by atoms with Crippen molar-refractivity contribution in [2.24, 2.45) is 5.92 Å². The van der Waals surface area contributed by atoms with Gasteiger partial charge in [0, 0.05) is 17.9 Å². The van der Waals surface area contributed by atoms with Crippen molar-refractivity contribution in [2.75, 3.05) is 0 Å². The van der Waals surface area contributed by atoms with Crippen molar-refractivity contribution in [2.45, 2.75) is 70.7 Å². The predicted octanol–water partition coefficient (Wildman–Crippen LogP) is 3.67. The molecule has 0 aromatic carbocycles. The number of hydrogen-bond donors (Lipinski definition) is 0. The minimum absolute atomic E-state index is 0.00344. The first kappa shape index (κ1) is 17.2. The Labute approximate surface area is 143 Å². The van der Waals surface area contributed by atoms with E-state index in [1.54, 1.807) is 6.08 Å². The van der Waals surface area contributed by atoms with E-state index in [1.807, 2.05) is 13.8 Å². The number of ketones is 1. The molecule has 2 aliphatic heterocycles. The van der Waals surface area contributed by atoms with Crippen LogP contribution in [0, 0.1) is 5.92 Å². The maximum Gasteiger partial charge on any atom is 0.334 e. The highest BCUT2D eigenvalue weighted by Gasteiger charge is 2.52. The second kappa shape index (κ2) is 6.32. The molecule has 0 N–H and O–H groups in total. The van der Waals surface area contributed by atoms with Crippen LogP contribution in [0.5, 0.6) is 0 Å². The molecular weight excluding hydrogens is 304 g/mol. The lowest BCUT2D eigenvalue weighted by molar-refractivity contribution is -0.137. The van der Waals surface area contributed by atoms with Gasteiger partial charge in [-0.2, -0.15) is 0 Å². The van der Waals surface area contributed by atoms with Crippen LogP contribution in [-0.4, -0.2) is 29.6 Å². The Morgan fingerprint density at radius 1 is 1.17 bits per heavy atom. The summed E-state index contributed by atoms with van der Waals surface area (Å²) in [6, 6.07) is 0. The first-order valence-electron chi connectivity index (χ1n) is 8.73. The third kappa shape index (κ3) is 3.54. The maximum absolute atomic E-state index is 12.2. The number of carbonyl (C=O) groups is 2. The third-order valence-electron chi connectivity index (χ3n) is 5.42. The van der Waals surface area contributed by atoms with E-state index in [-0.39, 0.29) is 35.5 Å². The first-order valence-corrected chi connectivity index (χ1v) is 8.73. The molecule has 0 aromatic rings. The highest BCUT2D eigenvalue weighted by atomic mass is 16.6. The lowest BCUT2D eigenvalue weighted by atomic mass is 9.88. The minimum atomic E-state index is -0.311. The number of carbonyl (C=O) groups excluding carboxylic acids is 2. The predicted molar refractivity (Wildman–Crippen MR) is 91.4 cm³/mol. The molecule has 4 heteroatoms. The van der Waals surface area contributed by atoms with Gasteiger partial charge in [0.25, 0.3) is 0 Å². The topological polar surface area (TPSA) is 55.9 Å². The molecular formula is C20H26O4. The van der Waals surface area contributed by atoms with Gasteiger partial charge in [-0.25, -0.2) is 4.79 Å². The van der Waals surface area contributed by atoms with Gasteiger partial charge in [0.15, 0.2) is 5.78 Å². The fourth-order valence-corrected chi connectivity index (χ4v) is 3.78. The Balaban J connectivity index is 1.82. The van der Waals surface area contributed by atoms with Crippen molar-refractivity contribution in [3.05, 3.63) is 35.5 Å². The number of esters is 1. The van der Waals surface area contributed by atoms with Gasteiger partial charge in [-0.05, 0) is 58.6 Å². The Morgan fingerprint density at radius 2 is 1.88 bits per heavy atom. The first-order chi connectivity index (χ1) is 11.3. The second-order valence-corrected chi connectivity index (χ2v) is 7.64. The fourth-order valence-electron chi connectivity index (χ4n) is 3.78. The summed E-state index contributed by atoms with van der Waals surface area (Å²) in [5, 5.41) is 0. The molecule has 0 saturated carbocycles. The Morgan fingerprint density at radius 3 is 2.62 bits per heavy atom. The summed E-state index contributed by atoms with van der Waals surface area (Å²) in [7, 11) is 0. The highest BCUT2D eigenvalue weighted by Crippen LogP contribution is 2.43. The van der Waals surface area contributed by atoms with E-state index in [1.165, 1.54) is 5.57 Å². The van der Waals surface area contributed by atoms with Crippen LogP contribution in [0.25, 0.3) is 0 Å². The van der Waals surface area contributed by atoms with Crippen LogP contribution in [-0.2, 0) is 19.1 Å². The van der Waals surface area contributed by atoms with Gasteiger partial charge in [0.2, 0.25) is 0 Å². The Hall–Kier alpha value is -1.68. The van der Waals surface area contributed by atoms with E-state index < -0.39 is 0 Å². The molecule has 130 valence electrons. The molecule has 0 aromatic heterocycles. The van der Waals surface area contributed by atoms with Gasteiger partial charge >= 0.3 is 5.97 Å². The van der Waals surface area contributed by atoms with Gasteiger partial charge < -0.3 is 9.47 Å². The SMILES string of the molecule is C=C1C(=O)O[C@H]2/C=C(\C)CC[C@H]3O[C@@]3(C)CC(=O)/C=C(\C)CC[C@H]12. The van der Waals surface area contributed by atoms with Gasteiger partial charge in [0.05, 0.1) is 11.7 Å². The maximum atomic E-state index is 12.2. The van der Waals surface area contributed by atoms with Crippen LogP contribution in [0.1, 0.15) is 52.9 Å². The molecule has 0 radical (unpaired) electrons. The summed E-state index contributed by atoms with van der Waals surface area (Å²) in [5.41, 5.74) is 2.47. The zero-order valence-electron chi connectivity index (χ0n) is 14.8. The quantitative estimate of drug-likeness (QED) is 0.294. The number of ether oxygens (including phenoxy) is 2. The van der Waals surface area contributed by atoms with E-state index in [9.17, 15) is 9.59 Å². The summed E-state index contributed by atoms with van der Waals surface area (Å²) in [6.07, 6.45) is 7.45. The van der Waals surface area contributed by atoms with Crippen molar-refractivity contribution in [3.63, 3.8) is 0 Å². The molecule has 3 rings (SSSR count). The smallest absolute Gasteiger partial charge is 0.334 e. The van der Waals surface area contributed by atoms with Crippen molar-refractivity contribution in [3.8, 4) is 0 Å². The van der Waals surface area contributed by atoms with Gasteiger partial charge in [0.1, 0.15) is 6.10 Å². The lowest BCUT2D eigenvalue weighted by Gasteiger charge is -2.16. The van der Waals surface area contributed by atoms with Gasteiger partial charge in [-0.1, -0.05) is 17.7 Å². The Bertz CT molecular complexity index is 642. The number of fused-ring (bicyclic) bond motifs is 2. The molecule has 2 heterocycles. The van der Waals surface area contributed by atoms with E-state index in [0.29, 0.717) is 12.0 Å². The van der Waals surface area contributed by atoms with E-state index in [2.05, 4.69) is 19.6 Å². The molecule has 0 bridgehead atoms. The van der Waals surface area contributed by atoms with Crippen LogP contribution < -0.4 is 0 Å². The van der Waals surface area contributed by atoms with Crippen LogP contribution in [0.15, 0.2) is 35.5 Å². The zero-order valence-corrected chi connectivity index (χ0v) is 14.8. The van der Waals surface area contributed by atoms with Crippen molar-refractivity contribution in [1.82, 2.24) is 0 Å². The van der Waals surface area contributed by atoms with Crippen molar-refractivity contribution >= 4 is 11.8 Å². The molecule has 0 unspecified atom stereocenters. The highest BCUT2D eigenvalue weighted by molar-refractivity contribution is 5.92. The number of hydrogen-bond acceptors (Lipinski definition) is 4. The van der Waals surface area contributed by atoms with E-state index >= 15 is 0 Å². The molecule has 4 atom stereocenters. The monoisotopic (exact) mass is 330 g/mol. The normalized spacial score (nSPS) is 42.0. The zero-order chi connectivity index (χ0) is 17.5. The average Bonchev–Trinajstić information content (AvgIpc) is 3.04. The largest absolute Gasteiger partial charge is 0.454 e. The molecule has 1 aliphatic carbocycles. The van der Waals surface area contributed by atoms with Crippen LogP contribution >= 0.6 is 0 Å².